The lowest BCUT2D eigenvalue weighted by atomic mass is 10.1. The van der Waals surface area contributed by atoms with Gasteiger partial charge in [-0.2, -0.15) is 22.0 Å². The average Bonchev–Trinajstić information content (AvgIpc) is 2.35. The highest BCUT2D eigenvalue weighted by Crippen LogP contribution is 2.41. The smallest absolute Gasteiger partial charge is 0.327 e. The molecule has 0 atom stereocenters. The van der Waals surface area contributed by atoms with E-state index < -0.39 is 49.3 Å². The zero-order valence-electron chi connectivity index (χ0n) is 10.4. The van der Waals surface area contributed by atoms with Crippen molar-refractivity contribution in [1.82, 2.24) is 0 Å². The highest BCUT2D eigenvalue weighted by molar-refractivity contribution is 9.10. The number of hydrogen-bond acceptors (Lipinski definition) is 5. The Morgan fingerprint density at radius 2 is 1.48 bits per heavy atom. The number of benzene rings is 1. The molecule has 0 saturated heterocycles. The van der Waals surface area contributed by atoms with Crippen LogP contribution < -0.4 is 5.32 Å². The van der Waals surface area contributed by atoms with Crippen molar-refractivity contribution in [3.05, 3.63) is 37.9 Å². The van der Waals surface area contributed by atoms with Crippen LogP contribution in [-0.2, 0) is 6.18 Å². The van der Waals surface area contributed by atoms with Gasteiger partial charge in [0.1, 0.15) is 0 Å². The molecule has 0 bridgehead atoms. The third-order valence-electron chi connectivity index (χ3n) is 2.35. The first-order valence-electron chi connectivity index (χ1n) is 5.22. The predicted molar refractivity (Wildman–Crippen MR) is 70.0 cm³/mol. The number of halogens is 6. The molecule has 2 N–H and O–H groups in total. The Balaban J connectivity index is 3.63. The van der Waals surface area contributed by atoms with Crippen LogP contribution in [0.15, 0.2) is 12.1 Å². The third kappa shape index (κ3) is 4.30. The van der Waals surface area contributed by atoms with Gasteiger partial charge >= 0.3 is 11.0 Å². The molecule has 23 heavy (non-hydrogen) atoms. The van der Waals surface area contributed by atoms with E-state index in [1.807, 2.05) is 0 Å². The largest absolute Gasteiger partial charge is 0.416 e. The summed E-state index contributed by atoms with van der Waals surface area (Å²) in [6, 6.07) is -0.121. The molecule has 0 amide bonds. The number of hydrogen-bond donors (Lipinski definition) is 2. The Labute approximate surface area is 131 Å². The molecule has 0 aliphatic rings. The number of nitrogens with zero attached hydrogens (tertiary/aromatic N) is 2. The minimum absolute atomic E-state index is 0.0605. The number of nitro benzene ring substituents is 2. The van der Waals surface area contributed by atoms with Gasteiger partial charge in [-0.3, -0.25) is 25.6 Å². The Morgan fingerprint density at radius 3 is 1.74 bits per heavy atom. The summed E-state index contributed by atoms with van der Waals surface area (Å²) in [5.41, 5.74) is -5.93. The fraction of sp³-hybridized carbons (Fsp3) is 0.222. The third-order valence-corrected chi connectivity index (χ3v) is 2.75. The van der Waals surface area contributed by atoms with Gasteiger partial charge in [0.2, 0.25) is 0 Å². The van der Waals surface area contributed by atoms with Crippen LogP contribution >= 0.6 is 15.9 Å². The van der Waals surface area contributed by atoms with E-state index in [4.69, 9.17) is 5.41 Å². The van der Waals surface area contributed by atoms with Crippen molar-refractivity contribution >= 4 is 38.8 Å². The topological polar surface area (TPSA) is 122 Å². The maximum atomic E-state index is 12.8. The molecule has 0 aliphatic heterocycles. The Morgan fingerprint density at radius 1 is 1.09 bits per heavy atom. The monoisotopic (exact) mass is 406 g/mol. The van der Waals surface area contributed by atoms with Crippen molar-refractivity contribution in [2.45, 2.75) is 11.0 Å². The quantitative estimate of drug-likeness (QED) is 0.196. The molecule has 126 valence electrons. The second-order valence-electron chi connectivity index (χ2n) is 3.90. The molecular weight excluding hydrogens is 403 g/mol. The van der Waals surface area contributed by atoms with Gasteiger partial charge in [0.15, 0.2) is 11.5 Å². The van der Waals surface area contributed by atoms with Crippen molar-refractivity contribution in [3.8, 4) is 0 Å². The van der Waals surface area contributed by atoms with Crippen LogP contribution in [0, 0.1) is 25.6 Å². The second kappa shape index (κ2) is 6.02. The molecule has 0 aliphatic carbocycles. The van der Waals surface area contributed by atoms with Crippen LogP contribution in [0.5, 0.6) is 0 Å². The van der Waals surface area contributed by atoms with E-state index in [1.165, 1.54) is 5.32 Å². The zero-order valence-corrected chi connectivity index (χ0v) is 12.0. The first-order chi connectivity index (χ1) is 10.2. The lowest BCUT2D eigenvalue weighted by Crippen LogP contribution is -2.28. The number of alkyl halides is 6. The number of amidine groups is 1. The minimum Gasteiger partial charge on any atom is -0.327 e. The normalized spacial score (nSPS) is 11.9. The van der Waals surface area contributed by atoms with E-state index in [1.54, 1.807) is 15.9 Å². The van der Waals surface area contributed by atoms with Crippen molar-refractivity contribution in [1.29, 1.82) is 5.41 Å². The summed E-state index contributed by atoms with van der Waals surface area (Å²) < 4.78 is 63.6. The van der Waals surface area contributed by atoms with E-state index in [9.17, 15) is 42.2 Å². The fourth-order valence-corrected chi connectivity index (χ4v) is 1.49. The van der Waals surface area contributed by atoms with Gasteiger partial charge in [0.05, 0.1) is 15.4 Å². The number of rotatable bonds is 4. The average molecular weight is 407 g/mol. The molecule has 0 heterocycles. The molecule has 0 fully saturated rings. The van der Waals surface area contributed by atoms with Gasteiger partial charge in [-0.05, 0) is 15.9 Å². The van der Waals surface area contributed by atoms with E-state index in [2.05, 4.69) is 0 Å². The summed E-state index contributed by atoms with van der Waals surface area (Å²) in [4.78, 5) is 14.7. The van der Waals surface area contributed by atoms with Crippen LogP contribution in [0.1, 0.15) is 5.56 Å². The molecule has 0 spiro atoms. The summed E-state index contributed by atoms with van der Waals surface area (Å²) in [6.07, 6.45) is -5.14. The fourth-order valence-electron chi connectivity index (χ4n) is 1.39. The number of anilines is 1. The molecule has 0 radical (unpaired) electrons. The molecule has 8 nitrogen and oxygen atoms in total. The van der Waals surface area contributed by atoms with E-state index >= 15 is 0 Å². The molecule has 0 aromatic heterocycles. The lowest BCUT2D eigenvalue weighted by Gasteiger charge is -2.14. The lowest BCUT2D eigenvalue weighted by molar-refractivity contribution is -0.392. The number of nitrogens with one attached hydrogen (secondary N) is 2. The summed E-state index contributed by atoms with van der Waals surface area (Å²) >= 11 is 1.73. The standard InChI is InChI=1S/C9H4BrF5N4O4/c10-8(11,12)7(16)17-6-4(18(20)21)1-3(9(13,14)15)2-5(6)19(22)23/h1-2H,(H2,16,17). The van der Waals surface area contributed by atoms with Gasteiger partial charge in [-0.25, -0.2) is 0 Å². The second-order valence-corrected chi connectivity index (χ2v) is 4.90. The maximum Gasteiger partial charge on any atom is 0.416 e. The zero-order chi connectivity index (χ0) is 18.2. The molecular formula is C9H4BrF5N4O4. The maximum absolute atomic E-state index is 12.8. The first-order valence-corrected chi connectivity index (χ1v) is 6.01. The molecule has 1 aromatic carbocycles. The van der Waals surface area contributed by atoms with Gasteiger partial charge < -0.3 is 5.32 Å². The Bertz CT molecular complexity index is 652. The number of nitro groups is 2. The van der Waals surface area contributed by atoms with Crippen LogP contribution in [0.25, 0.3) is 0 Å². The first kappa shape index (κ1) is 18.7. The van der Waals surface area contributed by atoms with Crippen molar-refractivity contribution in [3.63, 3.8) is 0 Å². The Hall–Kier alpha value is -2.38. The van der Waals surface area contributed by atoms with E-state index in [0.29, 0.717) is 0 Å². The molecule has 14 heteroatoms. The molecule has 1 aromatic rings. The summed E-state index contributed by atoms with van der Waals surface area (Å²) in [7, 11) is 0. The van der Waals surface area contributed by atoms with E-state index in [0.717, 1.165) is 0 Å². The molecule has 0 saturated carbocycles. The summed E-state index contributed by atoms with van der Waals surface area (Å²) in [5.74, 6) is -1.73. The summed E-state index contributed by atoms with van der Waals surface area (Å²) in [6.45, 7) is 0. The minimum atomic E-state index is -5.14. The highest BCUT2D eigenvalue weighted by atomic mass is 79.9. The SMILES string of the molecule is N=C(Nc1c([N+](=O)[O-])cc(C(F)(F)F)cc1[N+](=O)[O-])C(F)(F)Br. The Kier molecular flexibility index (Phi) is 4.88. The van der Waals surface area contributed by atoms with Crippen molar-refractivity contribution in [2.24, 2.45) is 0 Å². The van der Waals surface area contributed by atoms with E-state index in [-0.39, 0.29) is 12.1 Å². The van der Waals surface area contributed by atoms with Gasteiger partial charge in [0, 0.05) is 12.1 Å². The van der Waals surface area contributed by atoms with Crippen molar-refractivity contribution in [2.75, 3.05) is 5.32 Å². The van der Waals surface area contributed by atoms with Gasteiger partial charge in [-0.15, -0.1) is 0 Å². The van der Waals surface area contributed by atoms with Gasteiger partial charge in [-0.1, -0.05) is 0 Å². The van der Waals surface area contributed by atoms with Crippen LogP contribution in [0.4, 0.5) is 39.0 Å². The van der Waals surface area contributed by atoms with Gasteiger partial charge in [0.25, 0.3) is 11.4 Å². The van der Waals surface area contributed by atoms with Crippen LogP contribution in [-0.4, -0.2) is 20.5 Å². The predicted octanol–water partition coefficient (Wildman–Crippen LogP) is 3.90. The van der Waals surface area contributed by atoms with Crippen molar-refractivity contribution < 1.29 is 31.8 Å². The van der Waals surface area contributed by atoms with Crippen LogP contribution in [0.3, 0.4) is 0 Å². The van der Waals surface area contributed by atoms with Crippen LogP contribution in [0.2, 0.25) is 0 Å². The summed E-state index contributed by atoms with van der Waals surface area (Å²) in [5, 5.41) is 30.0. The molecule has 1 rings (SSSR count). The highest BCUT2D eigenvalue weighted by Gasteiger charge is 2.40. The molecule has 0 unspecified atom stereocenters.